The number of para-hydroxylation sites is 2. The number of alkyl halides is 3. The highest BCUT2D eigenvalue weighted by Gasteiger charge is 2.34. The van der Waals surface area contributed by atoms with Crippen molar-refractivity contribution in [3.63, 3.8) is 0 Å². The molecule has 0 fully saturated rings. The molecule has 0 aliphatic heterocycles. The van der Waals surface area contributed by atoms with Crippen LogP contribution in [-0.4, -0.2) is 12.0 Å². The minimum absolute atomic E-state index is 0.153. The molecule has 0 aromatic heterocycles. The van der Waals surface area contributed by atoms with Crippen LogP contribution in [0.3, 0.4) is 0 Å². The zero-order valence-electron chi connectivity index (χ0n) is 12.0. The summed E-state index contributed by atoms with van der Waals surface area (Å²) in [6.07, 6.45) is -5.77. The van der Waals surface area contributed by atoms with E-state index in [-0.39, 0.29) is 11.4 Å². The van der Waals surface area contributed by atoms with Crippen molar-refractivity contribution in [2.75, 3.05) is 5.32 Å². The number of carbonyl (C=O) groups excluding carboxylic acids is 1. The van der Waals surface area contributed by atoms with Crippen LogP contribution in [0.4, 0.5) is 23.2 Å². The normalized spacial score (nSPS) is 12.6. The van der Waals surface area contributed by atoms with E-state index in [1.165, 1.54) is 37.3 Å². The van der Waals surface area contributed by atoms with Crippen LogP contribution in [0.1, 0.15) is 12.5 Å². The van der Waals surface area contributed by atoms with Crippen molar-refractivity contribution < 1.29 is 27.1 Å². The standard InChI is InChI=1S/C16H13F4NO2/c1-10(23-14-9-5-3-7-12(14)17)15(22)21-13-8-4-2-6-11(13)16(18,19)20/h2-10H,1H3,(H,21,22). The first-order valence-corrected chi connectivity index (χ1v) is 6.67. The Morgan fingerprint density at radius 3 is 2.35 bits per heavy atom. The van der Waals surface area contributed by atoms with Crippen LogP contribution in [0.5, 0.6) is 5.75 Å². The second kappa shape index (κ2) is 6.68. The van der Waals surface area contributed by atoms with Gasteiger partial charge in [0.05, 0.1) is 11.3 Å². The van der Waals surface area contributed by atoms with Gasteiger partial charge in [-0.25, -0.2) is 4.39 Å². The fourth-order valence-corrected chi connectivity index (χ4v) is 1.86. The maximum atomic E-state index is 13.5. The molecule has 7 heteroatoms. The summed E-state index contributed by atoms with van der Waals surface area (Å²) in [5.41, 5.74) is -1.35. The SMILES string of the molecule is CC(Oc1ccccc1F)C(=O)Nc1ccccc1C(F)(F)F. The average Bonchev–Trinajstić information content (AvgIpc) is 2.49. The molecule has 2 rings (SSSR count). The van der Waals surface area contributed by atoms with Crippen LogP contribution in [0.2, 0.25) is 0 Å². The molecule has 0 saturated carbocycles. The van der Waals surface area contributed by atoms with Crippen LogP contribution in [0, 0.1) is 5.82 Å². The summed E-state index contributed by atoms with van der Waals surface area (Å²) in [5, 5.41) is 2.15. The van der Waals surface area contributed by atoms with Crippen LogP contribution >= 0.6 is 0 Å². The monoisotopic (exact) mass is 327 g/mol. The molecular formula is C16H13F4NO2. The Balaban J connectivity index is 2.12. The highest BCUT2D eigenvalue weighted by Crippen LogP contribution is 2.34. The zero-order chi connectivity index (χ0) is 17.0. The number of hydrogen-bond donors (Lipinski definition) is 1. The van der Waals surface area contributed by atoms with Gasteiger partial charge in [-0.05, 0) is 31.2 Å². The van der Waals surface area contributed by atoms with Crippen LogP contribution in [0.15, 0.2) is 48.5 Å². The van der Waals surface area contributed by atoms with E-state index in [1.807, 2.05) is 0 Å². The van der Waals surface area contributed by atoms with Crippen LogP contribution < -0.4 is 10.1 Å². The Labute approximate surface area is 129 Å². The van der Waals surface area contributed by atoms with Crippen molar-refractivity contribution >= 4 is 11.6 Å². The number of carbonyl (C=O) groups is 1. The smallest absolute Gasteiger partial charge is 0.418 e. The van der Waals surface area contributed by atoms with E-state index in [0.717, 1.165) is 18.2 Å². The number of rotatable bonds is 4. The van der Waals surface area contributed by atoms with Gasteiger partial charge < -0.3 is 10.1 Å². The van der Waals surface area contributed by atoms with E-state index in [9.17, 15) is 22.4 Å². The maximum absolute atomic E-state index is 13.5. The molecule has 3 nitrogen and oxygen atoms in total. The zero-order valence-corrected chi connectivity index (χ0v) is 12.0. The molecule has 0 spiro atoms. The van der Waals surface area contributed by atoms with Gasteiger partial charge in [0.25, 0.3) is 5.91 Å². The minimum atomic E-state index is -4.60. The molecular weight excluding hydrogens is 314 g/mol. The first-order valence-electron chi connectivity index (χ1n) is 6.67. The van der Waals surface area contributed by atoms with Gasteiger partial charge in [-0.1, -0.05) is 24.3 Å². The van der Waals surface area contributed by atoms with Crippen molar-refractivity contribution in [3.05, 3.63) is 59.9 Å². The Kier molecular flexibility index (Phi) is 4.88. The number of nitrogens with one attached hydrogen (secondary N) is 1. The van der Waals surface area contributed by atoms with E-state index in [0.29, 0.717) is 0 Å². The van der Waals surface area contributed by atoms with Gasteiger partial charge >= 0.3 is 6.18 Å². The van der Waals surface area contributed by atoms with Gasteiger partial charge in [0.15, 0.2) is 17.7 Å². The maximum Gasteiger partial charge on any atom is 0.418 e. The molecule has 1 N–H and O–H groups in total. The van der Waals surface area contributed by atoms with Crippen LogP contribution in [0.25, 0.3) is 0 Å². The van der Waals surface area contributed by atoms with Gasteiger partial charge in [-0.3, -0.25) is 4.79 Å². The predicted octanol–water partition coefficient (Wildman–Crippen LogP) is 4.25. The number of benzene rings is 2. The first-order chi connectivity index (χ1) is 10.8. The van der Waals surface area contributed by atoms with Crippen molar-refractivity contribution in [2.24, 2.45) is 0 Å². The Hall–Kier alpha value is -2.57. The molecule has 122 valence electrons. The molecule has 1 unspecified atom stereocenters. The van der Waals surface area contributed by atoms with E-state index < -0.39 is 29.6 Å². The van der Waals surface area contributed by atoms with Gasteiger partial charge in [0.1, 0.15) is 0 Å². The molecule has 2 aromatic carbocycles. The lowest BCUT2D eigenvalue weighted by atomic mass is 10.1. The van der Waals surface area contributed by atoms with Gasteiger partial charge in [0, 0.05) is 0 Å². The molecule has 2 aromatic rings. The van der Waals surface area contributed by atoms with E-state index in [4.69, 9.17) is 4.74 Å². The second-order valence-electron chi connectivity index (χ2n) is 4.72. The summed E-state index contributed by atoms with van der Waals surface area (Å²) in [6.45, 7) is 1.32. The summed E-state index contributed by atoms with van der Waals surface area (Å²) in [5.74, 6) is -1.63. The quantitative estimate of drug-likeness (QED) is 0.853. The summed E-state index contributed by atoms with van der Waals surface area (Å²) >= 11 is 0. The first kappa shape index (κ1) is 16.8. The summed E-state index contributed by atoms with van der Waals surface area (Å²) in [4.78, 5) is 12.0. The van der Waals surface area contributed by atoms with Gasteiger partial charge in [-0.15, -0.1) is 0 Å². The van der Waals surface area contributed by atoms with Gasteiger partial charge in [0.2, 0.25) is 0 Å². The highest BCUT2D eigenvalue weighted by molar-refractivity contribution is 5.94. The Bertz CT molecular complexity index is 700. The number of amides is 1. The molecule has 1 amide bonds. The summed E-state index contributed by atoms with van der Waals surface area (Å²) < 4.78 is 57.2. The predicted molar refractivity (Wildman–Crippen MR) is 76.6 cm³/mol. The molecule has 0 aliphatic rings. The lowest BCUT2D eigenvalue weighted by Crippen LogP contribution is -2.31. The van der Waals surface area contributed by atoms with Crippen molar-refractivity contribution in [2.45, 2.75) is 19.2 Å². The minimum Gasteiger partial charge on any atom is -0.478 e. The fraction of sp³-hybridized carbons (Fsp3) is 0.188. The number of hydrogen-bond acceptors (Lipinski definition) is 2. The second-order valence-corrected chi connectivity index (χ2v) is 4.72. The number of halogens is 4. The van der Waals surface area contributed by atoms with Crippen molar-refractivity contribution in [1.29, 1.82) is 0 Å². The molecule has 23 heavy (non-hydrogen) atoms. The molecule has 0 radical (unpaired) electrons. The molecule has 0 aliphatic carbocycles. The third kappa shape index (κ3) is 4.21. The fourth-order valence-electron chi connectivity index (χ4n) is 1.86. The van der Waals surface area contributed by atoms with Crippen molar-refractivity contribution in [1.82, 2.24) is 0 Å². The average molecular weight is 327 g/mol. The number of ether oxygens (including phenoxy) is 1. The molecule has 0 bridgehead atoms. The summed E-state index contributed by atoms with van der Waals surface area (Å²) in [6, 6.07) is 10.0. The van der Waals surface area contributed by atoms with Gasteiger partial charge in [-0.2, -0.15) is 13.2 Å². The lowest BCUT2D eigenvalue weighted by molar-refractivity contribution is -0.137. The molecule has 0 heterocycles. The summed E-state index contributed by atoms with van der Waals surface area (Å²) in [7, 11) is 0. The molecule has 0 saturated heterocycles. The third-order valence-corrected chi connectivity index (χ3v) is 3.00. The van der Waals surface area contributed by atoms with E-state index in [1.54, 1.807) is 0 Å². The van der Waals surface area contributed by atoms with E-state index >= 15 is 0 Å². The largest absolute Gasteiger partial charge is 0.478 e. The van der Waals surface area contributed by atoms with E-state index in [2.05, 4.69) is 5.32 Å². The Morgan fingerprint density at radius 1 is 1.09 bits per heavy atom. The van der Waals surface area contributed by atoms with Crippen molar-refractivity contribution in [3.8, 4) is 5.75 Å². The topological polar surface area (TPSA) is 38.3 Å². The third-order valence-electron chi connectivity index (χ3n) is 3.00. The molecule has 1 atom stereocenters. The van der Waals surface area contributed by atoms with Crippen LogP contribution in [-0.2, 0) is 11.0 Å². The highest BCUT2D eigenvalue weighted by atomic mass is 19.4. The number of anilines is 1. The lowest BCUT2D eigenvalue weighted by Gasteiger charge is -2.17. The Morgan fingerprint density at radius 2 is 1.70 bits per heavy atom.